The Balaban J connectivity index is 1.29. The van der Waals surface area contributed by atoms with E-state index in [2.05, 4.69) is 57.6 Å². The molecule has 0 unspecified atom stereocenters. The molecule has 0 bridgehead atoms. The molecule has 1 heterocycles. The van der Waals surface area contributed by atoms with E-state index >= 15 is 0 Å². The van der Waals surface area contributed by atoms with Crippen molar-refractivity contribution in [2.24, 2.45) is 0 Å². The van der Waals surface area contributed by atoms with E-state index < -0.39 is 0 Å². The van der Waals surface area contributed by atoms with Gasteiger partial charge in [0.05, 0.1) is 0 Å². The fraction of sp³-hybridized carbons (Fsp3) is 0.208. The van der Waals surface area contributed by atoms with Crippen molar-refractivity contribution in [3.05, 3.63) is 96.1 Å². The van der Waals surface area contributed by atoms with Gasteiger partial charge in [0.2, 0.25) is 0 Å². The summed E-state index contributed by atoms with van der Waals surface area (Å²) < 4.78 is 0. The van der Waals surface area contributed by atoms with Gasteiger partial charge in [-0.3, -0.25) is 9.69 Å². The van der Waals surface area contributed by atoms with E-state index in [9.17, 15) is 4.79 Å². The van der Waals surface area contributed by atoms with E-state index in [-0.39, 0.29) is 5.91 Å². The van der Waals surface area contributed by atoms with Crippen LogP contribution in [0.15, 0.2) is 84.9 Å². The van der Waals surface area contributed by atoms with Crippen LogP contribution in [0.4, 0.5) is 11.4 Å². The van der Waals surface area contributed by atoms with Gasteiger partial charge in [0.25, 0.3) is 5.91 Å². The largest absolute Gasteiger partial charge is 0.369 e. The van der Waals surface area contributed by atoms with E-state index in [1.54, 1.807) is 0 Å². The number of nitrogens with one attached hydrogen (secondary N) is 1. The van der Waals surface area contributed by atoms with Crippen LogP contribution < -0.4 is 10.2 Å². The van der Waals surface area contributed by atoms with E-state index in [4.69, 9.17) is 0 Å². The van der Waals surface area contributed by atoms with Crippen LogP contribution in [0.3, 0.4) is 0 Å². The second-order valence-electron chi connectivity index (χ2n) is 7.12. The Morgan fingerprint density at radius 2 is 1.36 bits per heavy atom. The molecule has 142 valence electrons. The molecule has 0 radical (unpaired) electrons. The van der Waals surface area contributed by atoms with Gasteiger partial charge < -0.3 is 10.2 Å². The van der Waals surface area contributed by atoms with Gasteiger partial charge in [-0.05, 0) is 42.0 Å². The zero-order chi connectivity index (χ0) is 19.2. The number of hydrogen-bond donors (Lipinski definition) is 1. The van der Waals surface area contributed by atoms with E-state index in [0.29, 0.717) is 5.56 Å². The van der Waals surface area contributed by atoms with Crippen LogP contribution >= 0.6 is 0 Å². The van der Waals surface area contributed by atoms with Crippen molar-refractivity contribution >= 4 is 17.3 Å². The smallest absolute Gasteiger partial charge is 0.255 e. The standard InChI is InChI=1S/C24H25N3O/c28-24(21-7-3-1-4-8-21)25-22-13-11-20(12-14-22)19-26-15-17-27(18-16-26)23-9-5-2-6-10-23/h1-14H,15-19H2,(H,25,28). The number of piperazine rings is 1. The monoisotopic (exact) mass is 371 g/mol. The van der Waals surface area contributed by atoms with Gasteiger partial charge in [0.15, 0.2) is 0 Å². The third-order valence-electron chi connectivity index (χ3n) is 5.15. The number of benzene rings is 3. The number of carbonyl (C=O) groups is 1. The highest BCUT2D eigenvalue weighted by molar-refractivity contribution is 6.04. The van der Waals surface area contributed by atoms with Crippen molar-refractivity contribution in [1.29, 1.82) is 0 Å². The molecule has 1 aliphatic rings. The van der Waals surface area contributed by atoms with Crippen LogP contribution in [0.1, 0.15) is 15.9 Å². The highest BCUT2D eigenvalue weighted by atomic mass is 16.1. The van der Waals surface area contributed by atoms with Crippen LogP contribution in [0.2, 0.25) is 0 Å². The summed E-state index contributed by atoms with van der Waals surface area (Å²) in [4.78, 5) is 17.2. The summed E-state index contributed by atoms with van der Waals surface area (Å²) in [5.41, 5.74) is 4.07. The maximum atomic E-state index is 12.2. The number of carbonyl (C=O) groups excluding carboxylic acids is 1. The van der Waals surface area contributed by atoms with Crippen molar-refractivity contribution < 1.29 is 4.79 Å². The molecule has 3 aromatic carbocycles. The average molecular weight is 371 g/mol. The zero-order valence-corrected chi connectivity index (χ0v) is 15.9. The lowest BCUT2D eigenvalue weighted by molar-refractivity contribution is 0.102. The lowest BCUT2D eigenvalue weighted by Crippen LogP contribution is -2.45. The molecule has 3 aromatic rings. The van der Waals surface area contributed by atoms with Gasteiger partial charge in [-0.15, -0.1) is 0 Å². The second-order valence-corrected chi connectivity index (χ2v) is 7.12. The maximum Gasteiger partial charge on any atom is 0.255 e. The zero-order valence-electron chi connectivity index (χ0n) is 15.9. The van der Waals surface area contributed by atoms with Gasteiger partial charge >= 0.3 is 0 Å². The first-order valence-corrected chi connectivity index (χ1v) is 9.76. The lowest BCUT2D eigenvalue weighted by Gasteiger charge is -2.36. The van der Waals surface area contributed by atoms with Gasteiger partial charge in [-0.25, -0.2) is 0 Å². The topological polar surface area (TPSA) is 35.6 Å². The Bertz CT molecular complexity index is 886. The molecular weight excluding hydrogens is 346 g/mol. The quantitative estimate of drug-likeness (QED) is 0.728. The van der Waals surface area contributed by atoms with E-state index in [1.165, 1.54) is 11.3 Å². The van der Waals surface area contributed by atoms with Gasteiger partial charge in [-0.1, -0.05) is 48.5 Å². The molecule has 0 aromatic heterocycles. The molecule has 0 atom stereocenters. The van der Waals surface area contributed by atoms with Gasteiger partial charge in [-0.2, -0.15) is 0 Å². The lowest BCUT2D eigenvalue weighted by atomic mass is 10.1. The molecule has 28 heavy (non-hydrogen) atoms. The predicted molar refractivity (Wildman–Crippen MR) is 115 cm³/mol. The maximum absolute atomic E-state index is 12.2. The van der Waals surface area contributed by atoms with Crippen LogP contribution in [-0.2, 0) is 6.54 Å². The van der Waals surface area contributed by atoms with Crippen molar-refractivity contribution in [3.63, 3.8) is 0 Å². The summed E-state index contributed by atoms with van der Waals surface area (Å²) in [5, 5.41) is 2.95. The normalized spacial score (nSPS) is 14.6. The van der Waals surface area contributed by atoms with Gasteiger partial charge in [0, 0.05) is 49.7 Å². The number of anilines is 2. The number of hydrogen-bond acceptors (Lipinski definition) is 3. The first-order chi connectivity index (χ1) is 13.8. The molecule has 4 nitrogen and oxygen atoms in total. The minimum atomic E-state index is -0.0783. The minimum Gasteiger partial charge on any atom is -0.369 e. The average Bonchev–Trinajstić information content (AvgIpc) is 2.77. The van der Waals surface area contributed by atoms with Crippen LogP contribution in [0.5, 0.6) is 0 Å². The molecule has 0 spiro atoms. The summed E-state index contributed by atoms with van der Waals surface area (Å²) >= 11 is 0. The molecule has 0 saturated carbocycles. The fourth-order valence-electron chi connectivity index (χ4n) is 3.55. The molecule has 1 aliphatic heterocycles. The highest BCUT2D eigenvalue weighted by Crippen LogP contribution is 2.18. The first kappa shape index (κ1) is 18.3. The molecule has 4 heteroatoms. The van der Waals surface area contributed by atoms with Crippen molar-refractivity contribution in [1.82, 2.24) is 4.90 Å². The number of rotatable bonds is 5. The van der Waals surface area contributed by atoms with E-state index in [0.717, 1.165) is 38.4 Å². The molecule has 4 rings (SSSR count). The molecule has 1 saturated heterocycles. The Morgan fingerprint density at radius 1 is 0.750 bits per heavy atom. The number of para-hydroxylation sites is 1. The summed E-state index contributed by atoms with van der Waals surface area (Å²) in [6, 6.07) is 28.1. The summed E-state index contributed by atoms with van der Waals surface area (Å²) in [6.07, 6.45) is 0. The van der Waals surface area contributed by atoms with Crippen molar-refractivity contribution in [2.45, 2.75) is 6.54 Å². The Morgan fingerprint density at radius 3 is 2.00 bits per heavy atom. The third-order valence-corrected chi connectivity index (χ3v) is 5.15. The number of nitrogens with zero attached hydrogens (tertiary/aromatic N) is 2. The summed E-state index contributed by atoms with van der Waals surface area (Å²) in [5.74, 6) is -0.0783. The van der Waals surface area contributed by atoms with Crippen LogP contribution in [-0.4, -0.2) is 37.0 Å². The highest BCUT2D eigenvalue weighted by Gasteiger charge is 2.17. The molecule has 1 amide bonds. The Labute approximate surface area is 166 Å². The molecule has 1 N–H and O–H groups in total. The van der Waals surface area contributed by atoms with Crippen molar-refractivity contribution in [3.8, 4) is 0 Å². The van der Waals surface area contributed by atoms with E-state index in [1.807, 2.05) is 42.5 Å². The predicted octanol–water partition coefficient (Wildman–Crippen LogP) is 4.26. The molecule has 1 fully saturated rings. The van der Waals surface area contributed by atoms with Crippen molar-refractivity contribution in [2.75, 3.05) is 36.4 Å². The Hall–Kier alpha value is -3.11. The van der Waals surface area contributed by atoms with Crippen LogP contribution in [0, 0.1) is 0 Å². The van der Waals surface area contributed by atoms with Crippen LogP contribution in [0.25, 0.3) is 0 Å². The second kappa shape index (κ2) is 8.72. The van der Waals surface area contributed by atoms with Gasteiger partial charge in [0.1, 0.15) is 0 Å². The fourth-order valence-corrected chi connectivity index (χ4v) is 3.55. The summed E-state index contributed by atoms with van der Waals surface area (Å²) in [6.45, 7) is 5.16. The minimum absolute atomic E-state index is 0.0783. The number of amides is 1. The first-order valence-electron chi connectivity index (χ1n) is 9.76. The summed E-state index contributed by atoms with van der Waals surface area (Å²) in [7, 11) is 0. The molecule has 0 aliphatic carbocycles. The SMILES string of the molecule is O=C(Nc1ccc(CN2CCN(c3ccccc3)CC2)cc1)c1ccccc1. The third kappa shape index (κ3) is 4.59. The Kier molecular flexibility index (Phi) is 5.69. The molecular formula is C24H25N3O.